The van der Waals surface area contributed by atoms with Gasteiger partial charge in [0.1, 0.15) is 17.2 Å². The predicted molar refractivity (Wildman–Crippen MR) is 128 cm³/mol. The molecular weight excluding hydrogens is 414 g/mol. The van der Waals surface area contributed by atoms with E-state index in [1.54, 1.807) is 28.3 Å². The highest BCUT2D eigenvalue weighted by Crippen LogP contribution is 2.32. The first-order valence-corrected chi connectivity index (χ1v) is 10.7. The standard InChI is InChI=1S/C23H31N3O4S/c1-15-10-22(30-5)21(14-20(15)16(2)27)24-23(31)26-8-6-25(7-9-26)17-11-18(28-3)13-19(12-17)29-4/h10-14,16,27H,6-9H2,1-5H3,(H,24,31). The van der Waals surface area contributed by atoms with Gasteiger partial charge >= 0.3 is 0 Å². The van der Waals surface area contributed by atoms with Crippen molar-refractivity contribution in [1.29, 1.82) is 0 Å². The van der Waals surface area contributed by atoms with E-state index in [1.807, 2.05) is 37.3 Å². The Hall–Kier alpha value is -2.71. The number of nitrogens with zero attached hydrogens (tertiary/aromatic N) is 2. The zero-order valence-corrected chi connectivity index (χ0v) is 19.6. The van der Waals surface area contributed by atoms with E-state index in [0.29, 0.717) is 10.9 Å². The average Bonchev–Trinajstić information content (AvgIpc) is 2.79. The maximum absolute atomic E-state index is 10.1. The predicted octanol–water partition coefficient (Wildman–Crippen LogP) is 3.59. The lowest BCUT2D eigenvalue weighted by atomic mass is 10.0. The molecule has 1 aliphatic rings. The number of aryl methyl sites for hydroxylation is 1. The number of methoxy groups -OCH3 is 3. The lowest BCUT2D eigenvalue weighted by molar-refractivity contribution is 0.198. The molecule has 7 nitrogen and oxygen atoms in total. The molecule has 2 N–H and O–H groups in total. The minimum Gasteiger partial charge on any atom is -0.497 e. The molecule has 0 aliphatic carbocycles. The van der Waals surface area contributed by atoms with Gasteiger partial charge in [-0.2, -0.15) is 0 Å². The van der Waals surface area contributed by atoms with Gasteiger partial charge in [0, 0.05) is 50.1 Å². The lowest BCUT2D eigenvalue weighted by Crippen LogP contribution is -2.50. The SMILES string of the molecule is COc1cc(OC)cc(N2CCN(C(=S)Nc3cc(C(C)O)c(C)cc3OC)CC2)c1. The lowest BCUT2D eigenvalue weighted by Gasteiger charge is -2.37. The fourth-order valence-electron chi connectivity index (χ4n) is 3.75. The zero-order valence-electron chi connectivity index (χ0n) is 18.8. The zero-order chi connectivity index (χ0) is 22.5. The molecule has 0 amide bonds. The quantitative estimate of drug-likeness (QED) is 0.654. The van der Waals surface area contributed by atoms with Crippen LogP contribution in [0.1, 0.15) is 24.2 Å². The van der Waals surface area contributed by atoms with Crippen molar-refractivity contribution in [3.05, 3.63) is 41.5 Å². The number of piperazine rings is 1. The van der Waals surface area contributed by atoms with Gasteiger partial charge < -0.3 is 34.4 Å². The molecule has 1 atom stereocenters. The average molecular weight is 446 g/mol. The first kappa shape index (κ1) is 23.0. The number of nitrogens with one attached hydrogen (secondary N) is 1. The van der Waals surface area contributed by atoms with Gasteiger partial charge in [0.2, 0.25) is 0 Å². The maximum atomic E-state index is 10.1. The van der Waals surface area contributed by atoms with Gasteiger partial charge in [0.05, 0.1) is 33.1 Å². The second kappa shape index (κ2) is 10.1. The summed E-state index contributed by atoms with van der Waals surface area (Å²) in [6.45, 7) is 6.92. The highest BCUT2D eigenvalue weighted by molar-refractivity contribution is 7.80. The van der Waals surface area contributed by atoms with E-state index in [9.17, 15) is 5.11 Å². The molecule has 1 fully saturated rings. The molecule has 1 aliphatic heterocycles. The minimum atomic E-state index is -0.566. The van der Waals surface area contributed by atoms with Crippen molar-refractivity contribution in [3.63, 3.8) is 0 Å². The van der Waals surface area contributed by atoms with Crippen LogP contribution in [-0.2, 0) is 0 Å². The van der Waals surface area contributed by atoms with E-state index in [1.165, 1.54) is 0 Å². The van der Waals surface area contributed by atoms with Gasteiger partial charge in [-0.25, -0.2) is 0 Å². The van der Waals surface area contributed by atoms with Crippen LogP contribution in [0.15, 0.2) is 30.3 Å². The minimum absolute atomic E-state index is 0.566. The summed E-state index contributed by atoms with van der Waals surface area (Å²) in [6.07, 6.45) is -0.566. The van der Waals surface area contributed by atoms with Crippen molar-refractivity contribution in [2.45, 2.75) is 20.0 Å². The Balaban J connectivity index is 1.68. The molecule has 0 saturated carbocycles. The highest BCUT2D eigenvalue weighted by atomic mass is 32.1. The second-order valence-electron chi connectivity index (χ2n) is 7.56. The van der Waals surface area contributed by atoms with Crippen LogP contribution >= 0.6 is 12.2 Å². The highest BCUT2D eigenvalue weighted by Gasteiger charge is 2.21. The van der Waals surface area contributed by atoms with Gasteiger partial charge in [0.15, 0.2) is 5.11 Å². The number of benzene rings is 2. The Morgan fingerprint density at radius 2 is 1.58 bits per heavy atom. The van der Waals surface area contributed by atoms with Crippen LogP contribution in [0, 0.1) is 6.92 Å². The normalized spacial score (nSPS) is 14.8. The van der Waals surface area contributed by atoms with Crippen molar-refractivity contribution >= 4 is 28.7 Å². The number of aliphatic hydroxyl groups excluding tert-OH is 1. The second-order valence-corrected chi connectivity index (χ2v) is 7.95. The van der Waals surface area contributed by atoms with Crippen LogP contribution in [0.5, 0.6) is 17.2 Å². The summed E-state index contributed by atoms with van der Waals surface area (Å²) in [7, 11) is 4.94. The molecule has 3 rings (SSSR count). The third kappa shape index (κ3) is 5.32. The Kier molecular flexibility index (Phi) is 7.46. The fourth-order valence-corrected chi connectivity index (χ4v) is 4.04. The van der Waals surface area contributed by atoms with E-state index in [0.717, 1.165) is 60.2 Å². The van der Waals surface area contributed by atoms with Crippen LogP contribution in [0.25, 0.3) is 0 Å². The number of hydrogen-bond donors (Lipinski definition) is 2. The molecule has 2 aromatic rings. The molecule has 0 radical (unpaired) electrons. The van der Waals surface area contributed by atoms with Gasteiger partial charge in [-0.3, -0.25) is 0 Å². The fraction of sp³-hybridized carbons (Fsp3) is 0.435. The van der Waals surface area contributed by atoms with Gasteiger partial charge in [-0.05, 0) is 49.3 Å². The first-order valence-electron chi connectivity index (χ1n) is 10.3. The third-order valence-corrected chi connectivity index (χ3v) is 5.91. The summed E-state index contributed by atoms with van der Waals surface area (Å²) >= 11 is 5.68. The Labute approximate surface area is 189 Å². The summed E-state index contributed by atoms with van der Waals surface area (Å²) in [5.74, 6) is 2.25. The van der Waals surface area contributed by atoms with Gasteiger partial charge in [-0.15, -0.1) is 0 Å². The number of ether oxygens (including phenoxy) is 3. The number of hydrogen-bond acceptors (Lipinski definition) is 6. The molecule has 0 bridgehead atoms. The molecule has 1 saturated heterocycles. The molecule has 8 heteroatoms. The smallest absolute Gasteiger partial charge is 0.173 e. The number of thiocarbonyl (C=S) groups is 1. The van der Waals surface area contributed by atoms with E-state index in [-0.39, 0.29) is 0 Å². The van der Waals surface area contributed by atoms with Gasteiger partial charge in [-0.1, -0.05) is 0 Å². The van der Waals surface area contributed by atoms with Gasteiger partial charge in [0.25, 0.3) is 0 Å². The number of aliphatic hydroxyl groups is 1. The van der Waals surface area contributed by atoms with Crippen LogP contribution in [-0.4, -0.2) is 62.6 Å². The van der Waals surface area contributed by atoms with Crippen LogP contribution in [0.2, 0.25) is 0 Å². The molecule has 0 aromatic heterocycles. The van der Waals surface area contributed by atoms with Crippen LogP contribution in [0.3, 0.4) is 0 Å². The van der Waals surface area contributed by atoms with Crippen molar-refractivity contribution in [3.8, 4) is 17.2 Å². The Bertz CT molecular complexity index is 905. The Morgan fingerprint density at radius 1 is 0.968 bits per heavy atom. The van der Waals surface area contributed by atoms with Crippen molar-refractivity contribution in [1.82, 2.24) is 4.90 Å². The molecule has 0 spiro atoms. The number of anilines is 2. The largest absolute Gasteiger partial charge is 0.497 e. The molecule has 168 valence electrons. The molecular formula is C23H31N3O4S. The summed E-state index contributed by atoms with van der Waals surface area (Å²) in [5, 5.41) is 14.0. The molecule has 1 heterocycles. The van der Waals surface area contributed by atoms with E-state index in [2.05, 4.69) is 15.1 Å². The van der Waals surface area contributed by atoms with Crippen molar-refractivity contribution in [2.75, 3.05) is 57.7 Å². The first-order chi connectivity index (χ1) is 14.9. The molecule has 31 heavy (non-hydrogen) atoms. The third-order valence-electron chi connectivity index (χ3n) is 5.55. The topological polar surface area (TPSA) is 66.4 Å². The molecule has 2 aromatic carbocycles. The summed E-state index contributed by atoms with van der Waals surface area (Å²) in [4.78, 5) is 4.44. The number of rotatable bonds is 6. The molecule has 1 unspecified atom stereocenters. The summed E-state index contributed by atoms with van der Waals surface area (Å²) in [5.41, 5.74) is 3.65. The summed E-state index contributed by atoms with van der Waals surface area (Å²) in [6, 6.07) is 9.73. The van der Waals surface area contributed by atoms with Crippen molar-refractivity contribution < 1.29 is 19.3 Å². The van der Waals surface area contributed by atoms with Crippen LogP contribution in [0.4, 0.5) is 11.4 Å². The van der Waals surface area contributed by atoms with Crippen LogP contribution < -0.4 is 24.4 Å². The van der Waals surface area contributed by atoms with E-state index < -0.39 is 6.10 Å². The van der Waals surface area contributed by atoms with Crippen molar-refractivity contribution in [2.24, 2.45) is 0 Å². The van der Waals surface area contributed by atoms with E-state index >= 15 is 0 Å². The Morgan fingerprint density at radius 3 is 2.10 bits per heavy atom. The monoisotopic (exact) mass is 445 g/mol. The summed E-state index contributed by atoms with van der Waals surface area (Å²) < 4.78 is 16.3. The van der Waals surface area contributed by atoms with E-state index in [4.69, 9.17) is 26.4 Å². The maximum Gasteiger partial charge on any atom is 0.173 e.